The van der Waals surface area contributed by atoms with E-state index in [0.717, 1.165) is 28.3 Å². The van der Waals surface area contributed by atoms with E-state index >= 15 is 4.39 Å². The summed E-state index contributed by atoms with van der Waals surface area (Å²) in [5.74, 6) is -13.8. The molecule has 0 amide bonds. The molecule has 13 heteroatoms. The number of ether oxygens (including phenoxy) is 1. The smallest absolute Gasteiger partial charge is 0.255 e. The highest BCUT2D eigenvalue weighted by Gasteiger charge is 2.29. The van der Waals surface area contributed by atoms with Gasteiger partial charge in [-0.05, 0) is 60.5 Å². The zero-order valence-corrected chi connectivity index (χ0v) is 23.0. The lowest BCUT2D eigenvalue weighted by Crippen LogP contribution is -2.18. The number of pyridine rings is 1. The van der Waals surface area contributed by atoms with Crippen molar-refractivity contribution < 1.29 is 39.5 Å². The van der Waals surface area contributed by atoms with Gasteiger partial charge >= 0.3 is 0 Å². The molecule has 1 unspecified atom stereocenters. The van der Waals surface area contributed by atoms with Crippen LogP contribution < -0.4 is 14.5 Å². The maximum absolute atomic E-state index is 15.4. The van der Waals surface area contributed by atoms with E-state index in [1.807, 2.05) is 0 Å². The Hall–Kier alpha value is -4.29. The van der Waals surface area contributed by atoms with Crippen LogP contribution in [0.5, 0.6) is 11.5 Å². The van der Waals surface area contributed by atoms with Crippen LogP contribution in [-0.4, -0.2) is 15.9 Å². The SMILES string of the molecule is COc1cc(-c2ccc(Cl)c(C)c2)c(F)cc1-n1c(=O)ccc2cc(S(=O)Oc3c(F)c(F)c(F)c(F)c3F)ccc21. The number of hydrogen-bond acceptors (Lipinski definition) is 4. The van der Waals surface area contributed by atoms with Gasteiger partial charge in [-0.1, -0.05) is 17.7 Å². The van der Waals surface area contributed by atoms with Gasteiger partial charge in [0.2, 0.25) is 45.9 Å². The minimum atomic E-state index is -2.75. The predicted molar refractivity (Wildman–Crippen MR) is 145 cm³/mol. The number of aryl methyl sites for hydroxylation is 1. The summed E-state index contributed by atoms with van der Waals surface area (Å²) in [4.78, 5) is 12.7. The molecule has 4 aromatic carbocycles. The van der Waals surface area contributed by atoms with Crippen molar-refractivity contribution in [1.82, 2.24) is 4.57 Å². The van der Waals surface area contributed by atoms with Gasteiger partial charge in [-0.25, -0.2) is 21.8 Å². The van der Waals surface area contributed by atoms with Crippen molar-refractivity contribution in [2.45, 2.75) is 11.8 Å². The molecule has 1 heterocycles. The molecule has 1 aromatic heterocycles. The molecule has 42 heavy (non-hydrogen) atoms. The van der Waals surface area contributed by atoms with Crippen molar-refractivity contribution in [2.75, 3.05) is 7.11 Å². The lowest BCUT2D eigenvalue weighted by atomic mass is 10.0. The van der Waals surface area contributed by atoms with Crippen molar-refractivity contribution >= 4 is 33.6 Å². The molecule has 0 aliphatic carbocycles. The lowest BCUT2D eigenvalue weighted by molar-refractivity contribution is 0.352. The molecule has 5 nitrogen and oxygen atoms in total. The van der Waals surface area contributed by atoms with Crippen LogP contribution in [0.2, 0.25) is 5.02 Å². The van der Waals surface area contributed by atoms with Crippen LogP contribution in [-0.2, 0) is 11.1 Å². The third-order valence-corrected chi connectivity index (χ3v) is 7.75. The first-order valence-electron chi connectivity index (χ1n) is 11.8. The Labute approximate surface area is 241 Å². The maximum Gasteiger partial charge on any atom is 0.255 e. The fraction of sp³-hybridized carbons (Fsp3) is 0.0690. The van der Waals surface area contributed by atoms with Crippen LogP contribution in [0.4, 0.5) is 26.3 Å². The zero-order chi connectivity index (χ0) is 30.5. The Balaban J connectivity index is 1.58. The Morgan fingerprint density at radius 2 is 1.48 bits per heavy atom. The lowest BCUT2D eigenvalue weighted by Gasteiger charge is -2.17. The molecule has 0 saturated heterocycles. The van der Waals surface area contributed by atoms with Crippen LogP contribution in [0.15, 0.2) is 70.4 Å². The van der Waals surface area contributed by atoms with Gasteiger partial charge in [-0.3, -0.25) is 9.36 Å². The minimum absolute atomic E-state index is 0.0339. The second-order valence-electron chi connectivity index (χ2n) is 8.91. The first kappa shape index (κ1) is 29.2. The summed E-state index contributed by atoms with van der Waals surface area (Å²) < 4.78 is 108. The van der Waals surface area contributed by atoms with E-state index in [-0.39, 0.29) is 32.8 Å². The zero-order valence-electron chi connectivity index (χ0n) is 21.4. The average Bonchev–Trinajstić information content (AvgIpc) is 2.98. The van der Waals surface area contributed by atoms with E-state index in [4.69, 9.17) is 16.3 Å². The van der Waals surface area contributed by atoms with Gasteiger partial charge in [-0.15, -0.1) is 0 Å². The van der Waals surface area contributed by atoms with Gasteiger partial charge in [-0.2, -0.15) is 8.78 Å². The third-order valence-electron chi connectivity index (χ3n) is 6.37. The van der Waals surface area contributed by atoms with E-state index in [9.17, 15) is 31.0 Å². The number of halogens is 7. The Morgan fingerprint density at radius 1 is 0.810 bits per heavy atom. The van der Waals surface area contributed by atoms with Gasteiger partial charge < -0.3 is 8.92 Å². The summed E-state index contributed by atoms with van der Waals surface area (Å²) in [6.07, 6.45) is 0. The minimum Gasteiger partial charge on any atom is -0.495 e. The molecule has 0 N–H and O–H groups in total. The second kappa shape index (κ2) is 11.2. The van der Waals surface area contributed by atoms with Crippen molar-refractivity contribution in [3.63, 3.8) is 0 Å². The highest BCUT2D eigenvalue weighted by atomic mass is 35.5. The largest absolute Gasteiger partial charge is 0.495 e. The van der Waals surface area contributed by atoms with Gasteiger partial charge in [0.05, 0.1) is 23.2 Å². The number of aromatic nitrogens is 1. The summed E-state index contributed by atoms with van der Waals surface area (Å²) in [5, 5.41) is 0.740. The number of fused-ring (bicyclic) bond motifs is 1. The van der Waals surface area contributed by atoms with Gasteiger partial charge in [0.25, 0.3) is 5.56 Å². The first-order chi connectivity index (χ1) is 19.9. The molecule has 216 valence electrons. The normalized spacial score (nSPS) is 12.0. The van der Waals surface area contributed by atoms with E-state index in [1.165, 1.54) is 31.4 Å². The Bertz CT molecular complexity index is 1970. The average molecular weight is 624 g/mol. The summed E-state index contributed by atoms with van der Waals surface area (Å²) >= 11 is 3.34. The van der Waals surface area contributed by atoms with Crippen molar-refractivity contribution in [3.05, 3.63) is 117 Å². The van der Waals surface area contributed by atoms with Crippen LogP contribution in [0.3, 0.4) is 0 Å². The molecular weight excluding hydrogens is 608 g/mol. The molecule has 1 atom stereocenters. The van der Waals surface area contributed by atoms with Crippen LogP contribution in [0.1, 0.15) is 5.56 Å². The fourth-order valence-electron chi connectivity index (χ4n) is 4.27. The summed E-state index contributed by atoms with van der Waals surface area (Å²) in [5.41, 5.74) is 1.07. The molecule has 0 aliphatic rings. The van der Waals surface area contributed by atoms with Gasteiger partial charge in [0.15, 0.2) is 0 Å². The topological polar surface area (TPSA) is 57.5 Å². The number of hydrogen-bond donors (Lipinski definition) is 0. The van der Waals surface area contributed by atoms with Crippen LogP contribution in [0.25, 0.3) is 27.7 Å². The summed E-state index contributed by atoms with van der Waals surface area (Å²) in [6.45, 7) is 1.76. The summed E-state index contributed by atoms with van der Waals surface area (Å²) in [7, 11) is 1.34. The number of benzene rings is 4. The van der Waals surface area contributed by atoms with Crippen LogP contribution in [0, 0.1) is 41.8 Å². The van der Waals surface area contributed by atoms with E-state index in [2.05, 4.69) is 4.18 Å². The van der Waals surface area contributed by atoms with E-state index in [0.29, 0.717) is 10.6 Å². The molecule has 0 bridgehead atoms. The molecule has 0 spiro atoms. The van der Waals surface area contributed by atoms with Crippen molar-refractivity contribution in [3.8, 4) is 28.3 Å². The molecule has 0 saturated carbocycles. The molecule has 0 fully saturated rings. The van der Waals surface area contributed by atoms with Gasteiger partial charge in [0, 0.05) is 28.1 Å². The molecule has 0 aliphatic heterocycles. The first-order valence-corrected chi connectivity index (χ1v) is 13.3. The number of nitrogens with zero attached hydrogens (tertiary/aromatic N) is 1. The van der Waals surface area contributed by atoms with E-state index in [1.54, 1.807) is 25.1 Å². The standard InChI is InChI=1S/C29H16ClF6NO4S/c1-13-9-14(3-6-18(13)30)17-11-22(40-2)21(12-19(17)31)37-20-7-5-16(10-15(20)4-8-23(37)38)42(39)41-29-27(35)25(33)24(32)26(34)28(29)36/h3-12H,1-2H3. The Morgan fingerprint density at radius 3 is 2.12 bits per heavy atom. The highest BCUT2D eigenvalue weighted by molar-refractivity contribution is 7.80. The Kier molecular flexibility index (Phi) is 7.78. The van der Waals surface area contributed by atoms with Gasteiger partial charge in [0.1, 0.15) is 11.6 Å². The third kappa shape index (κ3) is 5.01. The van der Waals surface area contributed by atoms with E-state index < -0.39 is 57.3 Å². The molecular formula is C29H16ClF6NO4S. The predicted octanol–water partition coefficient (Wildman–Crippen LogP) is 7.56. The quantitative estimate of drug-likeness (QED) is 0.111. The second-order valence-corrected chi connectivity index (χ2v) is 10.4. The molecule has 5 rings (SSSR count). The van der Waals surface area contributed by atoms with Crippen molar-refractivity contribution in [1.29, 1.82) is 0 Å². The number of methoxy groups -OCH3 is 1. The maximum atomic E-state index is 15.4. The number of rotatable bonds is 6. The summed E-state index contributed by atoms with van der Waals surface area (Å²) in [6, 6.07) is 13.6. The van der Waals surface area contributed by atoms with Crippen molar-refractivity contribution in [2.24, 2.45) is 0 Å². The monoisotopic (exact) mass is 623 g/mol. The fourth-order valence-corrected chi connectivity index (χ4v) is 5.19. The molecule has 5 aromatic rings. The molecule has 0 radical (unpaired) electrons. The highest BCUT2D eigenvalue weighted by Crippen LogP contribution is 2.35. The van der Waals surface area contributed by atoms with Crippen LogP contribution >= 0.6 is 11.6 Å².